The van der Waals surface area contributed by atoms with Crippen LogP contribution < -0.4 is 15.4 Å². The Morgan fingerprint density at radius 3 is 2.61 bits per heavy atom. The van der Waals surface area contributed by atoms with E-state index in [0.29, 0.717) is 44.1 Å². The molecular weight excluding hydrogens is 358 g/mol. The van der Waals surface area contributed by atoms with Gasteiger partial charge in [0.1, 0.15) is 11.9 Å². The van der Waals surface area contributed by atoms with Gasteiger partial charge in [-0.25, -0.2) is 4.79 Å². The van der Waals surface area contributed by atoms with Crippen LogP contribution in [-0.2, 0) is 11.2 Å². The maximum atomic E-state index is 12.8. The Labute approximate surface area is 163 Å². The van der Waals surface area contributed by atoms with Crippen LogP contribution in [0.2, 0.25) is 0 Å². The highest BCUT2D eigenvalue weighted by Crippen LogP contribution is 2.27. The summed E-state index contributed by atoms with van der Waals surface area (Å²) in [5.41, 5.74) is 2.12. The molecule has 146 valence electrons. The summed E-state index contributed by atoms with van der Waals surface area (Å²) in [6, 6.07) is 14.6. The van der Waals surface area contributed by atoms with Gasteiger partial charge in [-0.1, -0.05) is 30.3 Å². The molecule has 2 heterocycles. The number of ether oxygens (including phenoxy) is 2. The Hall–Kier alpha value is -3.06. The molecular formula is C21H23N3O4. The Morgan fingerprint density at radius 2 is 1.79 bits per heavy atom. The molecule has 0 radical (unpaired) electrons. The van der Waals surface area contributed by atoms with Crippen LogP contribution >= 0.6 is 0 Å². The minimum absolute atomic E-state index is 0.0895. The molecule has 1 unspecified atom stereocenters. The van der Waals surface area contributed by atoms with Crippen LogP contribution in [0.15, 0.2) is 48.5 Å². The minimum Gasteiger partial charge on any atom is -0.488 e. The first-order valence-corrected chi connectivity index (χ1v) is 9.46. The predicted molar refractivity (Wildman–Crippen MR) is 105 cm³/mol. The van der Waals surface area contributed by atoms with Crippen LogP contribution in [0.4, 0.5) is 10.5 Å². The zero-order chi connectivity index (χ0) is 19.3. The summed E-state index contributed by atoms with van der Waals surface area (Å²) in [6.45, 7) is 2.56. The molecule has 0 aromatic heterocycles. The lowest BCUT2D eigenvalue weighted by Gasteiger charge is -2.27. The Bertz CT molecular complexity index is 839. The summed E-state index contributed by atoms with van der Waals surface area (Å²) >= 11 is 0. The molecule has 3 amide bonds. The average Bonchev–Trinajstić information content (AvgIpc) is 3.16. The molecule has 2 aliphatic rings. The largest absolute Gasteiger partial charge is 0.488 e. The maximum absolute atomic E-state index is 12.8. The Morgan fingerprint density at radius 1 is 1.04 bits per heavy atom. The summed E-state index contributed by atoms with van der Waals surface area (Å²) in [5.74, 6) is 0.768. The van der Waals surface area contributed by atoms with E-state index in [1.54, 1.807) is 29.2 Å². The van der Waals surface area contributed by atoms with Crippen LogP contribution in [0, 0.1) is 0 Å². The standard InChI is InChI=1S/C21H23N3O4/c25-20(24-9-11-27-12-10-24)17-6-2-3-7-18(17)23-21(26)22-14-16-13-15-5-1-4-8-19(15)28-16/h1-8,16H,9-14H2,(H2,22,23,26). The second kappa shape index (κ2) is 8.31. The Balaban J connectivity index is 1.34. The normalized spacial score (nSPS) is 18.1. The number of anilines is 1. The lowest BCUT2D eigenvalue weighted by Crippen LogP contribution is -2.41. The van der Waals surface area contributed by atoms with Crippen LogP contribution in [0.5, 0.6) is 5.75 Å². The topological polar surface area (TPSA) is 79.9 Å². The zero-order valence-electron chi connectivity index (χ0n) is 15.5. The van der Waals surface area contributed by atoms with E-state index in [-0.39, 0.29) is 18.0 Å². The predicted octanol–water partition coefficient (Wildman–Crippen LogP) is 2.28. The fraction of sp³-hybridized carbons (Fsp3) is 0.333. The molecule has 0 aliphatic carbocycles. The number of fused-ring (bicyclic) bond motifs is 1. The van der Waals surface area contributed by atoms with Gasteiger partial charge in [-0.05, 0) is 23.8 Å². The van der Waals surface area contributed by atoms with Crippen molar-refractivity contribution >= 4 is 17.6 Å². The van der Waals surface area contributed by atoms with Crippen molar-refractivity contribution < 1.29 is 19.1 Å². The highest BCUT2D eigenvalue weighted by atomic mass is 16.5. The van der Waals surface area contributed by atoms with Gasteiger partial charge in [-0.2, -0.15) is 0 Å². The molecule has 7 heteroatoms. The molecule has 2 aromatic carbocycles. The molecule has 2 N–H and O–H groups in total. The summed E-state index contributed by atoms with van der Waals surface area (Å²) in [5, 5.41) is 5.62. The fourth-order valence-electron chi connectivity index (χ4n) is 3.46. The van der Waals surface area contributed by atoms with Gasteiger partial charge in [-0.15, -0.1) is 0 Å². The van der Waals surface area contributed by atoms with E-state index in [4.69, 9.17) is 9.47 Å². The molecule has 2 aliphatic heterocycles. The number of carbonyl (C=O) groups excluding carboxylic acids is 2. The number of hydrogen-bond acceptors (Lipinski definition) is 4. The van der Waals surface area contributed by atoms with Crippen LogP contribution in [0.3, 0.4) is 0 Å². The number of rotatable bonds is 4. The molecule has 1 atom stereocenters. The van der Waals surface area contributed by atoms with Gasteiger partial charge in [0, 0.05) is 19.5 Å². The number of carbonyl (C=O) groups is 2. The van der Waals surface area contributed by atoms with Gasteiger partial charge in [0.2, 0.25) is 0 Å². The summed E-state index contributed by atoms with van der Waals surface area (Å²) < 4.78 is 11.1. The molecule has 1 fully saturated rings. The highest BCUT2D eigenvalue weighted by Gasteiger charge is 2.24. The zero-order valence-corrected chi connectivity index (χ0v) is 15.5. The third-order valence-electron chi connectivity index (χ3n) is 4.91. The SMILES string of the molecule is O=C(NCC1Cc2ccccc2O1)Nc1ccccc1C(=O)N1CCOCC1. The second-order valence-electron chi connectivity index (χ2n) is 6.84. The number of amides is 3. The van der Waals surface area contributed by atoms with Crippen LogP contribution in [-0.4, -0.2) is 55.8 Å². The maximum Gasteiger partial charge on any atom is 0.319 e. The number of urea groups is 1. The van der Waals surface area contributed by atoms with Gasteiger partial charge < -0.3 is 25.0 Å². The lowest BCUT2D eigenvalue weighted by atomic mass is 10.1. The van der Waals surface area contributed by atoms with Gasteiger partial charge in [0.25, 0.3) is 5.91 Å². The number of hydrogen-bond donors (Lipinski definition) is 2. The lowest BCUT2D eigenvalue weighted by molar-refractivity contribution is 0.0303. The van der Waals surface area contributed by atoms with Crippen LogP contribution in [0.25, 0.3) is 0 Å². The van der Waals surface area contributed by atoms with E-state index in [0.717, 1.165) is 17.7 Å². The molecule has 7 nitrogen and oxygen atoms in total. The minimum atomic E-state index is -0.359. The number of nitrogens with one attached hydrogen (secondary N) is 2. The van der Waals surface area contributed by atoms with Gasteiger partial charge in [-0.3, -0.25) is 4.79 Å². The molecule has 28 heavy (non-hydrogen) atoms. The Kier molecular flexibility index (Phi) is 5.43. The van der Waals surface area contributed by atoms with Crippen molar-refractivity contribution in [1.82, 2.24) is 10.2 Å². The van der Waals surface area contributed by atoms with Crippen molar-refractivity contribution in [3.05, 3.63) is 59.7 Å². The summed E-state index contributed by atoms with van der Waals surface area (Å²) in [7, 11) is 0. The number of morpholine rings is 1. The number of para-hydroxylation sites is 2. The molecule has 0 bridgehead atoms. The van der Waals surface area contributed by atoms with Crippen molar-refractivity contribution in [1.29, 1.82) is 0 Å². The number of benzene rings is 2. The molecule has 1 saturated heterocycles. The third kappa shape index (κ3) is 4.09. The summed E-state index contributed by atoms with van der Waals surface area (Å²) in [4.78, 5) is 26.9. The highest BCUT2D eigenvalue weighted by molar-refractivity contribution is 6.03. The van der Waals surface area contributed by atoms with Gasteiger partial charge in [0.15, 0.2) is 0 Å². The fourth-order valence-corrected chi connectivity index (χ4v) is 3.46. The molecule has 2 aromatic rings. The quantitative estimate of drug-likeness (QED) is 0.852. The van der Waals surface area contributed by atoms with E-state index in [9.17, 15) is 9.59 Å². The van der Waals surface area contributed by atoms with E-state index < -0.39 is 0 Å². The van der Waals surface area contributed by atoms with E-state index in [2.05, 4.69) is 10.6 Å². The van der Waals surface area contributed by atoms with E-state index >= 15 is 0 Å². The van der Waals surface area contributed by atoms with Crippen molar-refractivity contribution in [2.75, 3.05) is 38.2 Å². The van der Waals surface area contributed by atoms with Crippen LogP contribution in [0.1, 0.15) is 15.9 Å². The average molecular weight is 381 g/mol. The van der Waals surface area contributed by atoms with Gasteiger partial charge >= 0.3 is 6.03 Å². The smallest absolute Gasteiger partial charge is 0.319 e. The molecule has 4 rings (SSSR count). The first-order chi connectivity index (χ1) is 13.7. The van der Waals surface area contributed by atoms with Crippen molar-refractivity contribution in [3.8, 4) is 5.75 Å². The summed E-state index contributed by atoms with van der Waals surface area (Å²) in [6.07, 6.45) is 0.677. The first kappa shape index (κ1) is 18.3. The van der Waals surface area contributed by atoms with Gasteiger partial charge in [0.05, 0.1) is 31.0 Å². The van der Waals surface area contributed by atoms with Crippen molar-refractivity contribution in [2.45, 2.75) is 12.5 Å². The van der Waals surface area contributed by atoms with Crippen molar-refractivity contribution in [3.63, 3.8) is 0 Å². The first-order valence-electron chi connectivity index (χ1n) is 9.46. The molecule has 0 spiro atoms. The second-order valence-corrected chi connectivity index (χ2v) is 6.84. The van der Waals surface area contributed by atoms with E-state index in [1.807, 2.05) is 24.3 Å². The monoisotopic (exact) mass is 381 g/mol. The third-order valence-corrected chi connectivity index (χ3v) is 4.91. The van der Waals surface area contributed by atoms with Crippen molar-refractivity contribution in [2.24, 2.45) is 0 Å². The van der Waals surface area contributed by atoms with E-state index in [1.165, 1.54) is 0 Å². The number of nitrogens with zero attached hydrogens (tertiary/aromatic N) is 1. The molecule has 0 saturated carbocycles.